The maximum absolute atomic E-state index is 12.5. The number of aryl methyl sites for hydroxylation is 4. The van der Waals surface area contributed by atoms with Gasteiger partial charge in [-0.25, -0.2) is 4.99 Å². The predicted molar refractivity (Wildman–Crippen MR) is 140 cm³/mol. The van der Waals surface area contributed by atoms with Crippen LogP contribution in [0.5, 0.6) is 11.5 Å². The normalized spacial score (nSPS) is 15.6. The van der Waals surface area contributed by atoms with E-state index in [2.05, 4.69) is 43.2 Å². The van der Waals surface area contributed by atoms with Crippen LogP contribution in [0.1, 0.15) is 33.4 Å². The highest BCUT2D eigenvalue weighted by molar-refractivity contribution is 8.18. The largest absolute Gasteiger partial charge is 0.493 e. The Morgan fingerprint density at radius 3 is 2.29 bits per heavy atom. The number of hydrogen-bond donors (Lipinski definition) is 1. The molecule has 0 aliphatic carbocycles. The van der Waals surface area contributed by atoms with Gasteiger partial charge in [0.15, 0.2) is 16.7 Å². The van der Waals surface area contributed by atoms with E-state index in [4.69, 9.17) is 9.47 Å². The third kappa shape index (κ3) is 5.51. The molecule has 1 aliphatic heterocycles. The molecule has 0 saturated carbocycles. The van der Waals surface area contributed by atoms with Crippen molar-refractivity contribution in [2.75, 3.05) is 7.11 Å². The SMILES string of the molecule is COc1cc(/C=C2\SC(=Nc3ccc(C)cc3)NC2=O)ccc1OCc1c(C)cc(C)cc1C. The van der Waals surface area contributed by atoms with Gasteiger partial charge in [0.25, 0.3) is 5.91 Å². The minimum Gasteiger partial charge on any atom is -0.493 e. The summed E-state index contributed by atoms with van der Waals surface area (Å²) in [5.41, 5.74) is 7.67. The summed E-state index contributed by atoms with van der Waals surface area (Å²) in [4.78, 5) is 17.6. The number of nitrogens with one attached hydrogen (secondary N) is 1. The van der Waals surface area contributed by atoms with E-state index in [9.17, 15) is 4.79 Å². The quantitative estimate of drug-likeness (QED) is 0.422. The van der Waals surface area contributed by atoms with Crippen LogP contribution in [0.3, 0.4) is 0 Å². The molecular formula is C28H28N2O3S. The van der Waals surface area contributed by atoms with Gasteiger partial charge < -0.3 is 14.8 Å². The Bertz CT molecular complexity index is 1270. The average molecular weight is 473 g/mol. The van der Waals surface area contributed by atoms with E-state index in [1.54, 1.807) is 7.11 Å². The second kappa shape index (κ2) is 10.2. The highest BCUT2D eigenvalue weighted by Gasteiger charge is 2.24. The maximum atomic E-state index is 12.5. The van der Waals surface area contributed by atoms with Gasteiger partial charge in [-0.05, 0) is 92.1 Å². The smallest absolute Gasteiger partial charge is 0.264 e. The zero-order valence-electron chi connectivity index (χ0n) is 20.1. The number of amides is 1. The number of rotatable bonds is 6. The number of nitrogens with zero attached hydrogens (tertiary/aromatic N) is 1. The van der Waals surface area contributed by atoms with E-state index >= 15 is 0 Å². The molecule has 1 aliphatic rings. The molecule has 1 N–H and O–H groups in total. The van der Waals surface area contributed by atoms with E-state index in [0.29, 0.717) is 28.2 Å². The van der Waals surface area contributed by atoms with Crippen LogP contribution in [-0.4, -0.2) is 18.2 Å². The van der Waals surface area contributed by atoms with Gasteiger partial charge in [0, 0.05) is 0 Å². The van der Waals surface area contributed by atoms with Crippen molar-refractivity contribution in [1.82, 2.24) is 5.32 Å². The second-order valence-corrected chi connectivity index (χ2v) is 9.42. The lowest BCUT2D eigenvalue weighted by molar-refractivity contribution is -0.115. The molecule has 6 heteroatoms. The highest BCUT2D eigenvalue weighted by atomic mass is 32.2. The van der Waals surface area contributed by atoms with Crippen LogP contribution in [-0.2, 0) is 11.4 Å². The van der Waals surface area contributed by atoms with E-state index in [1.807, 2.05) is 55.5 Å². The summed E-state index contributed by atoms with van der Waals surface area (Å²) < 4.78 is 11.7. The molecule has 1 heterocycles. The van der Waals surface area contributed by atoms with Gasteiger partial charge in [-0.1, -0.05) is 41.5 Å². The first kappa shape index (κ1) is 23.6. The minimum atomic E-state index is -0.166. The fraction of sp³-hybridized carbons (Fsp3) is 0.214. The van der Waals surface area contributed by atoms with Crippen molar-refractivity contribution in [3.8, 4) is 11.5 Å². The molecule has 1 fully saturated rings. The molecule has 0 radical (unpaired) electrons. The van der Waals surface area contributed by atoms with Crippen LogP contribution in [0.2, 0.25) is 0 Å². The first-order valence-electron chi connectivity index (χ1n) is 11.1. The van der Waals surface area contributed by atoms with E-state index < -0.39 is 0 Å². The van der Waals surface area contributed by atoms with Crippen LogP contribution in [0.4, 0.5) is 5.69 Å². The monoisotopic (exact) mass is 472 g/mol. The molecule has 5 nitrogen and oxygen atoms in total. The average Bonchev–Trinajstić information content (AvgIpc) is 3.13. The van der Waals surface area contributed by atoms with Crippen LogP contribution < -0.4 is 14.8 Å². The lowest BCUT2D eigenvalue weighted by atomic mass is 10.0. The molecule has 0 spiro atoms. The fourth-order valence-electron chi connectivity index (χ4n) is 3.85. The zero-order chi connectivity index (χ0) is 24.2. The van der Waals surface area contributed by atoms with Gasteiger partial charge in [0.1, 0.15) is 6.61 Å². The van der Waals surface area contributed by atoms with Gasteiger partial charge in [-0.2, -0.15) is 0 Å². The minimum absolute atomic E-state index is 0.166. The Labute approximate surface area is 204 Å². The third-order valence-corrected chi connectivity index (χ3v) is 6.52. The summed E-state index contributed by atoms with van der Waals surface area (Å²) in [7, 11) is 1.62. The highest BCUT2D eigenvalue weighted by Crippen LogP contribution is 2.33. The Balaban J connectivity index is 1.50. The molecule has 174 valence electrons. The standard InChI is InChI=1S/C28H28N2O3S/c1-17-6-9-22(10-7-17)29-28-30-27(31)26(34-28)15-21-8-11-24(25(14-21)32-5)33-16-23-19(3)12-18(2)13-20(23)4/h6-15H,16H2,1-5H3,(H,29,30,31)/b26-15-. The van der Waals surface area contributed by atoms with Crippen molar-refractivity contribution in [2.45, 2.75) is 34.3 Å². The summed E-state index contributed by atoms with van der Waals surface area (Å²) in [6.45, 7) is 8.80. The van der Waals surface area contributed by atoms with Crippen molar-refractivity contribution in [2.24, 2.45) is 4.99 Å². The van der Waals surface area contributed by atoms with Crippen LogP contribution in [0, 0.1) is 27.7 Å². The molecule has 0 atom stereocenters. The number of benzene rings is 3. The Hall–Kier alpha value is -3.51. The third-order valence-electron chi connectivity index (χ3n) is 5.61. The molecule has 4 rings (SSSR count). The van der Waals surface area contributed by atoms with Crippen LogP contribution in [0.15, 0.2) is 64.5 Å². The van der Waals surface area contributed by atoms with Crippen LogP contribution >= 0.6 is 11.8 Å². The lowest BCUT2D eigenvalue weighted by Gasteiger charge is -2.15. The summed E-state index contributed by atoms with van der Waals surface area (Å²) in [6.07, 6.45) is 1.83. The first-order chi connectivity index (χ1) is 16.3. The summed E-state index contributed by atoms with van der Waals surface area (Å²) in [5, 5.41) is 3.40. The number of thioether (sulfide) groups is 1. The van der Waals surface area contributed by atoms with Gasteiger partial charge in [0.2, 0.25) is 0 Å². The topological polar surface area (TPSA) is 59.9 Å². The Morgan fingerprint density at radius 1 is 0.912 bits per heavy atom. The molecule has 1 amide bonds. The summed E-state index contributed by atoms with van der Waals surface area (Å²) >= 11 is 1.32. The van der Waals surface area contributed by atoms with E-state index in [1.165, 1.54) is 34.0 Å². The lowest BCUT2D eigenvalue weighted by Crippen LogP contribution is -2.19. The van der Waals surface area contributed by atoms with E-state index in [0.717, 1.165) is 16.8 Å². The number of carbonyl (C=O) groups is 1. The molecule has 0 unspecified atom stereocenters. The number of carbonyl (C=O) groups excluding carboxylic acids is 1. The molecule has 1 saturated heterocycles. The Morgan fingerprint density at radius 2 is 1.62 bits per heavy atom. The zero-order valence-corrected chi connectivity index (χ0v) is 20.9. The van der Waals surface area contributed by atoms with Gasteiger partial charge in [-0.15, -0.1) is 0 Å². The fourth-order valence-corrected chi connectivity index (χ4v) is 4.69. The molecule has 3 aromatic rings. The van der Waals surface area contributed by atoms with Crippen molar-refractivity contribution < 1.29 is 14.3 Å². The molecular weight excluding hydrogens is 444 g/mol. The number of amidine groups is 1. The molecule has 0 bridgehead atoms. The molecule has 34 heavy (non-hydrogen) atoms. The Kier molecular flexibility index (Phi) is 7.08. The number of ether oxygens (including phenoxy) is 2. The van der Waals surface area contributed by atoms with Crippen molar-refractivity contribution in [1.29, 1.82) is 0 Å². The van der Waals surface area contributed by atoms with Crippen molar-refractivity contribution >= 4 is 34.6 Å². The van der Waals surface area contributed by atoms with Crippen molar-refractivity contribution in [3.63, 3.8) is 0 Å². The van der Waals surface area contributed by atoms with Crippen LogP contribution in [0.25, 0.3) is 6.08 Å². The van der Waals surface area contributed by atoms with Crippen molar-refractivity contribution in [3.05, 3.63) is 92.9 Å². The predicted octanol–water partition coefficient (Wildman–Crippen LogP) is 6.40. The first-order valence-corrected chi connectivity index (χ1v) is 11.9. The van der Waals surface area contributed by atoms with Gasteiger partial charge in [0.05, 0.1) is 17.7 Å². The molecule has 0 aromatic heterocycles. The van der Waals surface area contributed by atoms with Gasteiger partial charge in [-0.3, -0.25) is 4.79 Å². The summed E-state index contributed by atoms with van der Waals surface area (Å²) in [6, 6.07) is 17.9. The maximum Gasteiger partial charge on any atom is 0.264 e. The number of methoxy groups -OCH3 is 1. The summed E-state index contributed by atoms with van der Waals surface area (Å²) in [5.74, 6) is 1.11. The molecule has 3 aromatic carbocycles. The number of hydrogen-bond acceptors (Lipinski definition) is 5. The second-order valence-electron chi connectivity index (χ2n) is 8.39. The number of aliphatic imine (C=N–C) groups is 1. The van der Waals surface area contributed by atoms with E-state index in [-0.39, 0.29) is 5.91 Å². The van der Waals surface area contributed by atoms with Gasteiger partial charge >= 0.3 is 0 Å².